The van der Waals surface area contributed by atoms with E-state index in [1.807, 2.05) is 0 Å². The minimum Gasteiger partial charge on any atom is -0.463 e. The zero-order valence-electron chi connectivity index (χ0n) is 17.6. The van der Waals surface area contributed by atoms with E-state index in [2.05, 4.69) is 5.32 Å². The monoisotopic (exact) mass is 476 g/mol. The third kappa shape index (κ3) is 5.81. The summed E-state index contributed by atoms with van der Waals surface area (Å²) in [4.78, 5) is 25.7. The molecule has 1 aliphatic rings. The Hall–Kier alpha value is -2.56. The topological polar surface area (TPSA) is 99.9 Å². The molecule has 1 aromatic carbocycles. The molecule has 2 rings (SSSR count). The number of carbonyl (C=O) groups excluding carboxylic acids is 2. The van der Waals surface area contributed by atoms with E-state index in [-0.39, 0.29) is 48.2 Å². The van der Waals surface area contributed by atoms with Gasteiger partial charge in [-0.25, -0.2) is 9.59 Å². The fourth-order valence-corrected chi connectivity index (χ4v) is 3.49. The van der Waals surface area contributed by atoms with Gasteiger partial charge in [0.2, 0.25) is 0 Å². The third-order valence-corrected chi connectivity index (χ3v) is 4.79. The number of nitrogens with one attached hydrogen (secondary N) is 1. The highest BCUT2D eigenvalue weighted by Gasteiger charge is 2.48. The van der Waals surface area contributed by atoms with Crippen molar-refractivity contribution in [3.05, 3.63) is 57.4 Å². The Morgan fingerprint density at radius 1 is 1.09 bits per heavy atom. The molecule has 1 unspecified atom stereocenters. The summed E-state index contributed by atoms with van der Waals surface area (Å²) in [7, 11) is 0. The summed E-state index contributed by atoms with van der Waals surface area (Å²) in [6.07, 6.45) is -4.97. The molecule has 1 heterocycles. The predicted octanol–water partition coefficient (Wildman–Crippen LogP) is 3.20. The van der Waals surface area contributed by atoms with Gasteiger partial charge < -0.3 is 25.3 Å². The maximum atomic E-state index is 14.1. The van der Waals surface area contributed by atoms with Gasteiger partial charge in [0.15, 0.2) is 0 Å². The number of carbonyl (C=O) groups is 2. The number of alkyl halides is 3. The summed E-state index contributed by atoms with van der Waals surface area (Å²) in [5, 5.41) is 2.24. The van der Waals surface area contributed by atoms with Crippen LogP contribution in [0.2, 0.25) is 5.02 Å². The van der Waals surface area contributed by atoms with Crippen molar-refractivity contribution < 1.29 is 37.0 Å². The van der Waals surface area contributed by atoms with Crippen molar-refractivity contribution in [1.82, 2.24) is 5.32 Å². The number of dihydropyridines is 1. The lowest BCUT2D eigenvalue weighted by molar-refractivity contribution is -0.141. The number of nitrogens with two attached hydrogens (primary N) is 1. The summed E-state index contributed by atoms with van der Waals surface area (Å²) >= 11 is 6.29. The van der Waals surface area contributed by atoms with Crippen LogP contribution in [0.3, 0.4) is 0 Å². The predicted molar refractivity (Wildman–Crippen MR) is 111 cm³/mol. The molecule has 0 bridgehead atoms. The van der Waals surface area contributed by atoms with E-state index in [1.165, 1.54) is 25.1 Å². The Morgan fingerprint density at radius 3 is 2.22 bits per heavy atom. The smallest absolute Gasteiger partial charge is 0.431 e. The average Bonchev–Trinajstić information content (AvgIpc) is 2.73. The Labute approximate surface area is 188 Å². The molecule has 0 fully saturated rings. The standard InChI is InChI=1S/C21H24ClF3N2O5/c1-3-31-19(28)16-14(11-30-10-9-26)27-18(21(23,24)25)17(20(29)32-4-2)15(16)12-7-5-6-8-13(12)22/h5-8,15,27H,3-4,9-11,26H2,1-2H3. The molecule has 0 amide bonds. The van der Waals surface area contributed by atoms with E-state index >= 15 is 0 Å². The minimum atomic E-state index is -4.97. The van der Waals surface area contributed by atoms with Crippen molar-refractivity contribution in [1.29, 1.82) is 0 Å². The van der Waals surface area contributed by atoms with Crippen molar-refractivity contribution in [2.75, 3.05) is 33.0 Å². The van der Waals surface area contributed by atoms with Crippen molar-refractivity contribution in [2.45, 2.75) is 25.9 Å². The van der Waals surface area contributed by atoms with Gasteiger partial charge >= 0.3 is 18.1 Å². The van der Waals surface area contributed by atoms with Crippen LogP contribution in [0.5, 0.6) is 0 Å². The van der Waals surface area contributed by atoms with Gasteiger partial charge in [-0.3, -0.25) is 0 Å². The summed E-state index contributed by atoms with van der Waals surface area (Å²) < 4.78 is 57.5. The van der Waals surface area contributed by atoms with E-state index in [9.17, 15) is 22.8 Å². The van der Waals surface area contributed by atoms with Crippen LogP contribution in [0.15, 0.2) is 46.8 Å². The molecule has 1 atom stereocenters. The first kappa shape index (κ1) is 25.7. The summed E-state index contributed by atoms with van der Waals surface area (Å²) in [5.74, 6) is -3.66. The highest BCUT2D eigenvalue weighted by Crippen LogP contribution is 2.45. The first-order chi connectivity index (χ1) is 15.2. The second kappa shape index (κ2) is 11.3. The first-order valence-corrected chi connectivity index (χ1v) is 10.2. The van der Waals surface area contributed by atoms with Crippen LogP contribution in [-0.2, 0) is 23.8 Å². The second-order valence-electron chi connectivity index (χ2n) is 6.54. The molecule has 32 heavy (non-hydrogen) atoms. The number of hydrogen-bond donors (Lipinski definition) is 2. The molecule has 0 spiro atoms. The van der Waals surface area contributed by atoms with E-state index in [0.29, 0.717) is 0 Å². The van der Waals surface area contributed by atoms with Gasteiger partial charge in [-0.15, -0.1) is 0 Å². The van der Waals surface area contributed by atoms with Crippen LogP contribution in [0.4, 0.5) is 13.2 Å². The SMILES string of the molecule is CCOC(=O)C1=C(COCCN)NC(C(F)(F)F)=C(C(=O)OCC)C1c1ccccc1Cl. The van der Waals surface area contributed by atoms with Crippen molar-refractivity contribution in [2.24, 2.45) is 5.73 Å². The van der Waals surface area contributed by atoms with Crippen LogP contribution >= 0.6 is 11.6 Å². The molecule has 0 aromatic heterocycles. The van der Waals surface area contributed by atoms with Crippen molar-refractivity contribution in [3.8, 4) is 0 Å². The van der Waals surface area contributed by atoms with Gasteiger partial charge in [0.05, 0.1) is 49.2 Å². The quantitative estimate of drug-likeness (QED) is 0.417. The number of halogens is 4. The fourth-order valence-electron chi connectivity index (χ4n) is 3.24. The normalized spacial score (nSPS) is 16.7. The Kier molecular flexibility index (Phi) is 9.11. The van der Waals surface area contributed by atoms with Crippen LogP contribution in [0.1, 0.15) is 25.3 Å². The molecule has 3 N–H and O–H groups in total. The van der Waals surface area contributed by atoms with Gasteiger partial charge in [0, 0.05) is 11.6 Å². The number of hydrogen-bond acceptors (Lipinski definition) is 7. The van der Waals surface area contributed by atoms with Crippen LogP contribution in [-0.4, -0.2) is 51.1 Å². The number of esters is 2. The molecule has 11 heteroatoms. The van der Waals surface area contributed by atoms with Crippen molar-refractivity contribution in [3.63, 3.8) is 0 Å². The number of allylic oxidation sites excluding steroid dienone is 1. The molecular weight excluding hydrogens is 453 g/mol. The molecule has 0 aliphatic carbocycles. The zero-order valence-corrected chi connectivity index (χ0v) is 18.3. The lowest BCUT2D eigenvalue weighted by Crippen LogP contribution is -2.40. The molecular formula is C21H24ClF3N2O5. The lowest BCUT2D eigenvalue weighted by atomic mass is 9.80. The summed E-state index contributed by atoms with van der Waals surface area (Å²) in [6, 6.07) is 5.99. The van der Waals surface area contributed by atoms with E-state index in [0.717, 1.165) is 0 Å². The van der Waals surface area contributed by atoms with E-state index < -0.39 is 41.9 Å². The lowest BCUT2D eigenvalue weighted by Gasteiger charge is -2.33. The molecule has 7 nitrogen and oxygen atoms in total. The molecule has 0 radical (unpaired) electrons. The molecule has 0 saturated heterocycles. The van der Waals surface area contributed by atoms with Gasteiger partial charge in [-0.1, -0.05) is 29.8 Å². The Balaban J connectivity index is 2.84. The Morgan fingerprint density at radius 2 is 1.69 bits per heavy atom. The van der Waals surface area contributed by atoms with Crippen LogP contribution in [0.25, 0.3) is 0 Å². The number of benzene rings is 1. The van der Waals surface area contributed by atoms with E-state index in [1.54, 1.807) is 13.0 Å². The van der Waals surface area contributed by atoms with Crippen LogP contribution < -0.4 is 11.1 Å². The number of rotatable bonds is 9. The summed E-state index contributed by atoms with van der Waals surface area (Å²) in [6.45, 7) is 2.54. The molecule has 0 saturated carbocycles. The minimum absolute atomic E-state index is 0.0356. The largest absolute Gasteiger partial charge is 0.463 e. The van der Waals surface area contributed by atoms with Gasteiger partial charge in [-0.05, 0) is 25.5 Å². The molecule has 1 aliphatic heterocycles. The second-order valence-corrected chi connectivity index (χ2v) is 6.95. The van der Waals surface area contributed by atoms with Crippen molar-refractivity contribution >= 4 is 23.5 Å². The van der Waals surface area contributed by atoms with Gasteiger partial charge in [0.25, 0.3) is 0 Å². The average molecular weight is 477 g/mol. The first-order valence-electron chi connectivity index (χ1n) is 9.85. The maximum Gasteiger partial charge on any atom is 0.431 e. The number of ether oxygens (including phenoxy) is 3. The fraction of sp³-hybridized carbons (Fsp3) is 0.429. The highest BCUT2D eigenvalue weighted by atomic mass is 35.5. The third-order valence-electron chi connectivity index (χ3n) is 4.45. The van der Waals surface area contributed by atoms with Gasteiger partial charge in [-0.2, -0.15) is 13.2 Å². The van der Waals surface area contributed by atoms with E-state index in [4.69, 9.17) is 31.5 Å². The zero-order chi connectivity index (χ0) is 23.9. The molecule has 176 valence electrons. The summed E-state index contributed by atoms with van der Waals surface area (Å²) in [5.41, 5.74) is 2.92. The van der Waals surface area contributed by atoms with Crippen LogP contribution in [0, 0.1) is 0 Å². The Bertz CT molecular complexity index is 915. The highest BCUT2D eigenvalue weighted by molar-refractivity contribution is 6.31. The maximum absolute atomic E-state index is 14.1. The van der Waals surface area contributed by atoms with Gasteiger partial charge in [0.1, 0.15) is 5.70 Å². The molecule has 1 aromatic rings.